The van der Waals surface area contributed by atoms with Crippen molar-refractivity contribution in [1.82, 2.24) is 9.55 Å². The van der Waals surface area contributed by atoms with Crippen molar-refractivity contribution in [2.45, 2.75) is 6.61 Å². The molecule has 74 valence electrons. The van der Waals surface area contributed by atoms with Gasteiger partial charge >= 0.3 is 0 Å². The Labute approximate surface area is 94.4 Å². The van der Waals surface area contributed by atoms with E-state index < -0.39 is 0 Å². The highest BCUT2D eigenvalue weighted by molar-refractivity contribution is 9.10. The lowest BCUT2D eigenvalue weighted by molar-refractivity contribution is 0.273. The molecule has 0 bridgehead atoms. The van der Waals surface area contributed by atoms with Crippen LogP contribution in [0.3, 0.4) is 0 Å². The first-order valence-electron chi connectivity index (χ1n) is 4.05. The van der Waals surface area contributed by atoms with Crippen LogP contribution in [-0.2, 0) is 13.7 Å². The van der Waals surface area contributed by atoms with Gasteiger partial charge in [-0.05, 0) is 28.1 Å². The summed E-state index contributed by atoms with van der Waals surface area (Å²) in [5.74, 6) is 0. The smallest absolute Gasteiger partial charge is 0.108 e. The third-order valence-corrected chi connectivity index (χ3v) is 3.06. The van der Waals surface area contributed by atoms with Gasteiger partial charge in [-0.15, -0.1) is 0 Å². The van der Waals surface area contributed by atoms with Crippen molar-refractivity contribution >= 4 is 38.6 Å². The second kappa shape index (κ2) is 3.53. The monoisotopic (exact) mass is 274 g/mol. The molecule has 3 nitrogen and oxygen atoms in total. The quantitative estimate of drug-likeness (QED) is 0.812. The lowest BCUT2D eigenvalue weighted by Gasteiger charge is -1.99. The highest BCUT2D eigenvalue weighted by atomic mass is 79.9. The van der Waals surface area contributed by atoms with Crippen molar-refractivity contribution in [3.8, 4) is 0 Å². The number of hydrogen-bond donors (Lipinski definition) is 1. The highest BCUT2D eigenvalue weighted by Crippen LogP contribution is 2.29. The van der Waals surface area contributed by atoms with Crippen molar-refractivity contribution in [3.05, 3.63) is 27.5 Å². The standard InChI is InChI=1S/C9H8BrClN2O/c1-13-5-2-3-7(10)12-9(5)8(11)6(13)4-14/h2-3,14H,4H2,1H3. The summed E-state index contributed by atoms with van der Waals surface area (Å²) < 4.78 is 2.58. The number of aliphatic hydroxyl groups excluding tert-OH is 1. The first-order valence-corrected chi connectivity index (χ1v) is 5.22. The van der Waals surface area contributed by atoms with E-state index in [4.69, 9.17) is 16.7 Å². The van der Waals surface area contributed by atoms with E-state index in [9.17, 15) is 0 Å². The van der Waals surface area contributed by atoms with E-state index in [0.717, 1.165) is 10.1 Å². The number of aryl methyl sites for hydroxylation is 1. The number of halogens is 2. The lowest BCUT2D eigenvalue weighted by Crippen LogP contribution is -1.95. The van der Waals surface area contributed by atoms with Crippen molar-refractivity contribution in [2.75, 3.05) is 0 Å². The molecule has 0 atom stereocenters. The van der Waals surface area contributed by atoms with Crippen molar-refractivity contribution in [3.63, 3.8) is 0 Å². The molecule has 0 aromatic carbocycles. The average molecular weight is 276 g/mol. The molecular weight excluding hydrogens is 267 g/mol. The Morgan fingerprint density at radius 3 is 2.93 bits per heavy atom. The summed E-state index contributed by atoms with van der Waals surface area (Å²) in [5.41, 5.74) is 2.32. The van der Waals surface area contributed by atoms with Gasteiger partial charge in [-0.25, -0.2) is 4.98 Å². The van der Waals surface area contributed by atoms with Crippen LogP contribution in [0.1, 0.15) is 5.69 Å². The Morgan fingerprint density at radius 2 is 2.29 bits per heavy atom. The van der Waals surface area contributed by atoms with E-state index in [-0.39, 0.29) is 6.61 Å². The van der Waals surface area contributed by atoms with Crippen molar-refractivity contribution in [2.24, 2.45) is 7.05 Å². The summed E-state index contributed by atoms with van der Waals surface area (Å²) in [6, 6.07) is 3.76. The zero-order valence-corrected chi connectivity index (χ0v) is 9.80. The maximum Gasteiger partial charge on any atom is 0.108 e. The van der Waals surface area contributed by atoms with Crippen LogP contribution < -0.4 is 0 Å². The summed E-state index contributed by atoms with van der Waals surface area (Å²) in [6.45, 7) is -0.0800. The van der Waals surface area contributed by atoms with Crippen LogP contribution in [-0.4, -0.2) is 14.7 Å². The SMILES string of the molecule is Cn1c(CO)c(Cl)c2nc(Br)ccc21. The lowest BCUT2D eigenvalue weighted by atomic mass is 10.4. The molecule has 0 fully saturated rings. The highest BCUT2D eigenvalue weighted by Gasteiger charge is 2.13. The molecule has 1 N–H and O–H groups in total. The summed E-state index contributed by atoms with van der Waals surface area (Å²) in [6.07, 6.45) is 0. The minimum atomic E-state index is -0.0800. The minimum absolute atomic E-state index is 0.0800. The maximum atomic E-state index is 9.12. The van der Waals surface area contributed by atoms with Crippen LogP contribution in [0, 0.1) is 0 Å². The van der Waals surface area contributed by atoms with E-state index in [1.807, 2.05) is 23.7 Å². The number of nitrogens with zero attached hydrogens (tertiary/aromatic N) is 2. The molecule has 0 aliphatic heterocycles. The largest absolute Gasteiger partial charge is 0.390 e. The van der Waals surface area contributed by atoms with Gasteiger partial charge in [-0.3, -0.25) is 0 Å². The van der Waals surface area contributed by atoms with Gasteiger partial charge in [0.05, 0.1) is 22.8 Å². The molecule has 0 radical (unpaired) electrons. The second-order valence-electron chi connectivity index (χ2n) is 2.98. The summed E-state index contributed by atoms with van der Waals surface area (Å²) >= 11 is 9.35. The molecule has 0 unspecified atom stereocenters. The van der Waals surface area contributed by atoms with Gasteiger partial charge in [0.15, 0.2) is 0 Å². The number of aromatic nitrogens is 2. The minimum Gasteiger partial charge on any atom is -0.390 e. The fourth-order valence-electron chi connectivity index (χ4n) is 1.46. The van der Waals surface area contributed by atoms with E-state index in [1.54, 1.807) is 0 Å². The van der Waals surface area contributed by atoms with Gasteiger partial charge in [0, 0.05) is 7.05 Å². The molecule has 0 amide bonds. The van der Waals surface area contributed by atoms with E-state index >= 15 is 0 Å². The van der Waals surface area contributed by atoms with Crippen LogP contribution in [0.2, 0.25) is 5.02 Å². The zero-order valence-electron chi connectivity index (χ0n) is 7.46. The van der Waals surface area contributed by atoms with Gasteiger partial charge in [-0.2, -0.15) is 0 Å². The molecule has 0 aliphatic carbocycles. The van der Waals surface area contributed by atoms with Crippen LogP contribution in [0.5, 0.6) is 0 Å². The van der Waals surface area contributed by atoms with Gasteiger partial charge in [0.1, 0.15) is 10.1 Å². The molecule has 5 heteroatoms. The third kappa shape index (κ3) is 1.34. The van der Waals surface area contributed by atoms with Crippen LogP contribution in [0.4, 0.5) is 0 Å². The first kappa shape index (κ1) is 9.96. The Hall–Kier alpha value is -0.580. The zero-order chi connectivity index (χ0) is 10.3. The maximum absolute atomic E-state index is 9.12. The van der Waals surface area contributed by atoms with E-state index in [1.165, 1.54) is 0 Å². The van der Waals surface area contributed by atoms with Crippen LogP contribution in [0.15, 0.2) is 16.7 Å². The molecule has 2 heterocycles. The van der Waals surface area contributed by atoms with Gasteiger partial charge in [-0.1, -0.05) is 11.6 Å². The molecule has 0 aliphatic rings. The van der Waals surface area contributed by atoms with E-state index in [2.05, 4.69) is 20.9 Å². The number of hydrogen-bond acceptors (Lipinski definition) is 2. The van der Waals surface area contributed by atoms with Crippen LogP contribution >= 0.6 is 27.5 Å². The summed E-state index contributed by atoms with van der Waals surface area (Å²) in [7, 11) is 1.86. The molecule has 2 aromatic rings. The predicted octanol–water partition coefficient (Wildman–Crippen LogP) is 2.48. The Morgan fingerprint density at radius 1 is 1.57 bits per heavy atom. The third-order valence-electron chi connectivity index (χ3n) is 2.22. The predicted molar refractivity (Wildman–Crippen MR) is 59.3 cm³/mol. The van der Waals surface area contributed by atoms with Gasteiger partial charge < -0.3 is 9.67 Å². The fourth-order valence-corrected chi connectivity index (χ4v) is 2.10. The fraction of sp³-hybridized carbons (Fsp3) is 0.222. The van der Waals surface area contributed by atoms with E-state index in [0.29, 0.717) is 16.2 Å². The molecule has 14 heavy (non-hydrogen) atoms. The molecule has 0 saturated carbocycles. The Balaban J connectivity index is 2.87. The molecule has 2 rings (SSSR count). The number of rotatable bonds is 1. The number of pyridine rings is 1. The van der Waals surface area contributed by atoms with Gasteiger partial charge in [0.2, 0.25) is 0 Å². The van der Waals surface area contributed by atoms with Crippen LogP contribution in [0.25, 0.3) is 11.0 Å². The second-order valence-corrected chi connectivity index (χ2v) is 4.17. The van der Waals surface area contributed by atoms with Gasteiger partial charge in [0.25, 0.3) is 0 Å². The topological polar surface area (TPSA) is 38.0 Å². The number of aliphatic hydroxyl groups is 1. The Bertz CT molecular complexity index is 495. The summed E-state index contributed by atoms with van der Waals surface area (Å²) in [5, 5.41) is 9.64. The Kier molecular flexibility index (Phi) is 2.51. The molecular formula is C9H8BrClN2O. The molecule has 0 saturated heterocycles. The normalized spacial score (nSPS) is 11.1. The average Bonchev–Trinajstić information content (AvgIpc) is 2.39. The van der Waals surface area contributed by atoms with Crippen molar-refractivity contribution < 1.29 is 5.11 Å². The van der Waals surface area contributed by atoms with Crippen molar-refractivity contribution in [1.29, 1.82) is 0 Å². The number of fused-ring (bicyclic) bond motifs is 1. The summed E-state index contributed by atoms with van der Waals surface area (Å²) in [4.78, 5) is 4.26. The first-order chi connectivity index (χ1) is 6.65. The molecule has 2 aromatic heterocycles. The molecule has 0 spiro atoms.